The van der Waals surface area contributed by atoms with Gasteiger partial charge in [-0.15, -0.1) is 0 Å². The molecule has 2 N–H and O–H groups in total. The average molecular weight is 538 g/mol. The van der Waals surface area contributed by atoms with Gasteiger partial charge in [0.1, 0.15) is 11.9 Å². The van der Waals surface area contributed by atoms with Crippen molar-refractivity contribution >= 4 is 55.1 Å². The van der Waals surface area contributed by atoms with Crippen molar-refractivity contribution in [1.29, 1.82) is 0 Å². The number of nitrogens with one attached hydrogen (secondary N) is 1. The number of carbonyl (C=O) groups excluding carboxylic acids is 1. The van der Waals surface area contributed by atoms with Crippen molar-refractivity contribution in [2.75, 3.05) is 13.7 Å². The molecule has 0 saturated carbocycles. The third kappa shape index (κ3) is 5.53. The maximum absolute atomic E-state index is 11.8. The van der Waals surface area contributed by atoms with E-state index in [0.717, 1.165) is 14.5 Å². The van der Waals surface area contributed by atoms with E-state index in [0.29, 0.717) is 35.9 Å². The number of halogens is 2. The van der Waals surface area contributed by atoms with E-state index >= 15 is 0 Å². The van der Waals surface area contributed by atoms with Gasteiger partial charge >= 0.3 is 5.97 Å². The first-order valence-corrected chi connectivity index (χ1v) is 11.0. The summed E-state index contributed by atoms with van der Waals surface area (Å²) in [7, 11) is 1.36. The average Bonchev–Trinajstić information content (AvgIpc) is 2.88. The summed E-state index contributed by atoms with van der Waals surface area (Å²) >= 11 is 7.10. The molecule has 1 aliphatic rings. The molecule has 1 aromatic carbocycles. The monoisotopic (exact) mass is 536 g/mol. The van der Waals surface area contributed by atoms with Gasteiger partial charge in [-0.25, -0.2) is 4.99 Å². The number of hydrogen-bond acceptors (Lipinski definition) is 7. The van der Waals surface area contributed by atoms with Crippen LogP contribution in [-0.4, -0.2) is 53.4 Å². The van der Waals surface area contributed by atoms with Gasteiger partial charge in [0.05, 0.1) is 30.3 Å². The number of esters is 1. The van der Waals surface area contributed by atoms with Crippen molar-refractivity contribution in [2.45, 2.75) is 31.9 Å². The van der Waals surface area contributed by atoms with Crippen molar-refractivity contribution in [1.82, 2.24) is 10.3 Å². The first kappa shape index (κ1) is 22.6. The van der Waals surface area contributed by atoms with Crippen LogP contribution in [0.1, 0.15) is 31.0 Å². The number of benzene rings is 1. The van der Waals surface area contributed by atoms with E-state index in [4.69, 9.17) is 14.7 Å². The third-order valence-electron chi connectivity index (χ3n) is 4.47. The molecule has 2 atom stereocenters. The molecule has 0 unspecified atom stereocenters. The summed E-state index contributed by atoms with van der Waals surface area (Å²) in [6, 6.07) is 9.07. The van der Waals surface area contributed by atoms with E-state index in [1.54, 1.807) is 13.1 Å². The molecule has 0 aliphatic carbocycles. The molecule has 2 heterocycles. The first-order chi connectivity index (χ1) is 14.4. The van der Waals surface area contributed by atoms with Crippen LogP contribution in [-0.2, 0) is 9.53 Å². The van der Waals surface area contributed by atoms with E-state index in [9.17, 15) is 9.90 Å². The fraction of sp³-hybridized carbons (Fsp3) is 0.333. The zero-order chi connectivity index (χ0) is 21.7. The maximum Gasteiger partial charge on any atom is 0.305 e. The largest absolute Gasteiger partial charge is 0.469 e. The summed E-state index contributed by atoms with van der Waals surface area (Å²) in [5, 5.41) is 12.9. The van der Waals surface area contributed by atoms with Gasteiger partial charge in [0.15, 0.2) is 0 Å². The zero-order valence-corrected chi connectivity index (χ0v) is 19.8. The van der Waals surface area contributed by atoms with E-state index in [1.165, 1.54) is 7.11 Å². The number of methoxy groups -OCH3 is 1. The van der Waals surface area contributed by atoms with Gasteiger partial charge in [-0.05, 0) is 69.5 Å². The van der Waals surface area contributed by atoms with Crippen molar-refractivity contribution < 1.29 is 14.6 Å². The first-order valence-electron chi connectivity index (χ1n) is 9.45. The van der Waals surface area contributed by atoms with Crippen LogP contribution < -0.4 is 5.32 Å². The van der Waals surface area contributed by atoms with Crippen LogP contribution in [0.5, 0.6) is 0 Å². The highest BCUT2D eigenvalue weighted by Gasteiger charge is 2.26. The second-order valence-corrected chi connectivity index (χ2v) is 8.54. The molecule has 0 amide bonds. The number of nitrogens with zero attached hydrogens (tertiary/aromatic N) is 3. The number of aromatic nitrogens is 1. The zero-order valence-electron chi connectivity index (χ0n) is 16.6. The van der Waals surface area contributed by atoms with Gasteiger partial charge in [0.2, 0.25) is 0 Å². The molecule has 0 radical (unpaired) electrons. The molecule has 2 aromatic rings. The molecular formula is C21H22Br2N4O3. The molecular weight excluding hydrogens is 516 g/mol. The fourth-order valence-corrected chi connectivity index (χ4v) is 3.66. The number of aliphatic imine (C=N–C) groups is 2. The van der Waals surface area contributed by atoms with E-state index in [1.807, 2.05) is 30.3 Å². The molecule has 3 rings (SSSR count). The maximum atomic E-state index is 11.8. The summed E-state index contributed by atoms with van der Waals surface area (Å²) in [4.78, 5) is 26.0. The molecule has 1 aromatic heterocycles. The Balaban J connectivity index is 2.13. The molecule has 0 fully saturated rings. The number of fused-ring (bicyclic) bond motifs is 1. The summed E-state index contributed by atoms with van der Waals surface area (Å²) in [6.07, 6.45) is 1.75. The van der Waals surface area contributed by atoms with Crippen LogP contribution in [0.15, 0.2) is 55.5 Å². The molecule has 30 heavy (non-hydrogen) atoms. The molecule has 158 valence electrons. The van der Waals surface area contributed by atoms with Crippen LogP contribution in [0.3, 0.4) is 0 Å². The highest BCUT2D eigenvalue weighted by atomic mass is 79.9. The van der Waals surface area contributed by atoms with E-state index < -0.39 is 12.1 Å². The minimum atomic E-state index is -0.562. The van der Waals surface area contributed by atoms with E-state index in [2.05, 4.69) is 42.2 Å². The Morgan fingerprint density at radius 1 is 1.30 bits per heavy atom. The number of pyridine rings is 1. The number of rotatable bonds is 6. The SMILES string of the molecule is COC(=O)CC[C@@H]1N=C(c2ccccn2)c2cc(Br)c(Br)cc2N=C1NC[C@H](C)O. The Labute approximate surface area is 191 Å². The van der Waals surface area contributed by atoms with Gasteiger partial charge in [-0.2, -0.15) is 0 Å². The van der Waals surface area contributed by atoms with Crippen molar-refractivity contribution in [3.8, 4) is 0 Å². The summed E-state index contributed by atoms with van der Waals surface area (Å²) in [5.74, 6) is 0.271. The topological polar surface area (TPSA) is 96.2 Å². The van der Waals surface area contributed by atoms with Crippen LogP contribution >= 0.6 is 31.9 Å². The molecule has 7 nitrogen and oxygen atoms in total. The second-order valence-electron chi connectivity index (χ2n) is 6.83. The lowest BCUT2D eigenvalue weighted by Crippen LogP contribution is -2.38. The number of carbonyl (C=O) groups is 1. The lowest BCUT2D eigenvalue weighted by atomic mass is 10.0. The highest BCUT2D eigenvalue weighted by molar-refractivity contribution is 9.13. The van der Waals surface area contributed by atoms with Crippen LogP contribution in [0, 0.1) is 0 Å². The number of amidine groups is 1. The molecule has 0 bridgehead atoms. The van der Waals surface area contributed by atoms with Crippen LogP contribution in [0.25, 0.3) is 0 Å². The second kappa shape index (κ2) is 10.3. The minimum absolute atomic E-state index is 0.194. The minimum Gasteiger partial charge on any atom is -0.469 e. The van der Waals surface area contributed by atoms with Gasteiger partial charge in [0.25, 0.3) is 0 Å². The van der Waals surface area contributed by atoms with Gasteiger partial charge in [0, 0.05) is 33.7 Å². The smallest absolute Gasteiger partial charge is 0.305 e. The number of aliphatic hydroxyl groups is 1. The Bertz CT molecular complexity index is 978. The van der Waals surface area contributed by atoms with E-state index in [-0.39, 0.29) is 12.4 Å². The Hall–Kier alpha value is -2.10. The predicted molar refractivity (Wildman–Crippen MR) is 124 cm³/mol. The lowest BCUT2D eigenvalue weighted by Gasteiger charge is -2.17. The van der Waals surface area contributed by atoms with Gasteiger partial charge in [-0.1, -0.05) is 6.07 Å². The third-order valence-corrected chi connectivity index (χ3v) is 6.32. The Kier molecular flexibility index (Phi) is 7.74. The van der Waals surface area contributed by atoms with Gasteiger partial charge < -0.3 is 15.2 Å². The van der Waals surface area contributed by atoms with Crippen molar-refractivity contribution in [2.24, 2.45) is 9.98 Å². The van der Waals surface area contributed by atoms with Crippen molar-refractivity contribution in [3.63, 3.8) is 0 Å². The fourth-order valence-electron chi connectivity index (χ4n) is 2.98. The number of ether oxygens (including phenoxy) is 1. The van der Waals surface area contributed by atoms with Crippen LogP contribution in [0.2, 0.25) is 0 Å². The Morgan fingerprint density at radius 3 is 2.73 bits per heavy atom. The summed E-state index contributed by atoms with van der Waals surface area (Å²) in [5.41, 5.74) is 2.93. The summed E-state index contributed by atoms with van der Waals surface area (Å²) in [6.45, 7) is 2.01. The lowest BCUT2D eigenvalue weighted by molar-refractivity contribution is -0.140. The number of aliphatic hydroxyl groups excluding tert-OH is 1. The van der Waals surface area contributed by atoms with Crippen molar-refractivity contribution in [3.05, 3.63) is 56.7 Å². The summed E-state index contributed by atoms with van der Waals surface area (Å²) < 4.78 is 6.52. The molecule has 0 spiro atoms. The molecule has 1 aliphatic heterocycles. The van der Waals surface area contributed by atoms with Gasteiger partial charge in [-0.3, -0.25) is 14.8 Å². The normalized spacial score (nSPS) is 16.6. The molecule has 0 saturated heterocycles. The highest BCUT2D eigenvalue weighted by Crippen LogP contribution is 2.35. The Morgan fingerprint density at radius 2 is 2.07 bits per heavy atom. The number of hydrogen-bond donors (Lipinski definition) is 2. The molecule has 9 heteroatoms. The van der Waals surface area contributed by atoms with Crippen LogP contribution in [0.4, 0.5) is 5.69 Å². The quantitative estimate of drug-likeness (QED) is 0.547. The standard InChI is InChI=1S/C21H22Br2N4O3/c1-12(28)11-25-21-17(6-7-19(29)30-2)26-20(16-5-3-4-8-24-16)13-9-14(22)15(23)10-18(13)27-21/h3-5,8-10,12,17,28H,6-7,11H2,1-2H3,(H,25,27)/t12-,17-/m0/s1. The predicted octanol–water partition coefficient (Wildman–Crippen LogP) is 3.78.